The van der Waals surface area contributed by atoms with Crippen molar-refractivity contribution in [2.24, 2.45) is 0 Å². The molecular formula is C14H23N3O3. The normalized spacial score (nSPS) is 23.4. The van der Waals surface area contributed by atoms with Gasteiger partial charge in [-0.25, -0.2) is 0 Å². The largest absolute Gasteiger partial charge is 0.425 e. The van der Waals surface area contributed by atoms with Crippen molar-refractivity contribution in [3.05, 3.63) is 11.8 Å². The van der Waals surface area contributed by atoms with Crippen LogP contribution in [0.1, 0.15) is 51.3 Å². The van der Waals surface area contributed by atoms with Crippen molar-refractivity contribution in [3.63, 3.8) is 0 Å². The summed E-state index contributed by atoms with van der Waals surface area (Å²) < 4.78 is 10.9. The van der Waals surface area contributed by atoms with Gasteiger partial charge in [-0.15, -0.1) is 10.2 Å². The van der Waals surface area contributed by atoms with Crippen molar-refractivity contribution < 1.29 is 13.9 Å². The van der Waals surface area contributed by atoms with E-state index in [1.54, 1.807) is 6.92 Å². The molecule has 6 heteroatoms. The van der Waals surface area contributed by atoms with Crippen molar-refractivity contribution >= 4 is 5.91 Å². The van der Waals surface area contributed by atoms with E-state index >= 15 is 0 Å². The summed E-state index contributed by atoms with van der Waals surface area (Å²) in [6.45, 7) is 8.58. The Morgan fingerprint density at radius 1 is 1.50 bits per heavy atom. The van der Waals surface area contributed by atoms with E-state index in [0.29, 0.717) is 11.8 Å². The van der Waals surface area contributed by atoms with Crippen LogP contribution in [0.3, 0.4) is 0 Å². The van der Waals surface area contributed by atoms with Crippen LogP contribution in [0.5, 0.6) is 0 Å². The molecule has 0 spiro atoms. The second kappa shape index (κ2) is 6.35. The highest BCUT2D eigenvalue weighted by Gasteiger charge is 2.34. The van der Waals surface area contributed by atoms with Crippen molar-refractivity contribution in [1.29, 1.82) is 0 Å². The van der Waals surface area contributed by atoms with E-state index in [4.69, 9.17) is 9.15 Å². The van der Waals surface area contributed by atoms with Crippen LogP contribution in [0.4, 0.5) is 0 Å². The first kappa shape index (κ1) is 15.0. The molecule has 112 valence electrons. The summed E-state index contributed by atoms with van der Waals surface area (Å²) in [4.78, 5) is 14.1. The number of hydrogen-bond acceptors (Lipinski definition) is 5. The first-order valence-electron chi connectivity index (χ1n) is 7.20. The number of hydrogen-bond donors (Lipinski definition) is 0. The van der Waals surface area contributed by atoms with Gasteiger partial charge in [0.15, 0.2) is 0 Å². The highest BCUT2D eigenvalue weighted by Crippen LogP contribution is 2.31. The zero-order valence-corrected chi connectivity index (χ0v) is 12.6. The fraction of sp³-hybridized carbons (Fsp3) is 0.786. The lowest BCUT2D eigenvalue weighted by Gasteiger charge is -2.38. The number of aromatic nitrogens is 2. The van der Waals surface area contributed by atoms with Gasteiger partial charge >= 0.3 is 0 Å². The van der Waals surface area contributed by atoms with Crippen LogP contribution in [0.15, 0.2) is 4.42 Å². The number of rotatable bonds is 4. The van der Waals surface area contributed by atoms with E-state index in [2.05, 4.69) is 10.2 Å². The van der Waals surface area contributed by atoms with Crippen LogP contribution < -0.4 is 0 Å². The summed E-state index contributed by atoms with van der Waals surface area (Å²) in [5.74, 6) is 1.36. The van der Waals surface area contributed by atoms with Crippen LogP contribution >= 0.6 is 0 Å². The SMILES string of the molecule is Cc1nnc([C@H]2CCCN(C(=O)COC(C)C)[C@H]2C)o1. The predicted molar refractivity (Wildman–Crippen MR) is 73.3 cm³/mol. The first-order valence-corrected chi connectivity index (χ1v) is 7.20. The van der Waals surface area contributed by atoms with E-state index < -0.39 is 0 Å². The second-order valence-corrected chi connectivity index (χ2v) is 5.60. The zero-order valence-electron chi connectivity index (χ0n) is 12.6. The number of amides is 1. The second-order valence-electron chi connectivity index (χ2n) is 5.60. The molecule has 1 amide bonds. The molecule has 0 bridgehead atoms. The molecule has 0 unspecified atom stereocenters. The molecule has 2 heterocycles. The van der Waals surface area contributed by atoms with Gasteiger partial charge in [-0.05, 0) is 33.6 Å². The molecule has 6 nitrogen and oxygen atoms in total. The fourth-order valence-corrected chi connectivity index (χ4v) is 2.61. The molecule has 0 saturated carbocycles. The third kappa shape index (κ3) is 3.36. The molecule has 0 aliphatic carbocycles. The van der Waals surface area contributed by atoms with E-state index in [1.807, 2.05) is 25.7 Å². The Labute approximate surface area is 119 Å². The monoisotopic (exact) mass is 281 g/mol. The quantitative estimate of drug-likeness (QED) is 0.843. The van der Waals surface area contributed by atoms with Gasteiger partial charge in [0.25, 0.3) is 0 Å². The molecule has 1 aliphatic heterocycles. The average Bonchev–Trinajstić information content (AvgIpc) is 2.82. The summed E-state index contributed by atoms with van der Waals surface area (Å²) >= 11 is 0. The highest BCUT2D eigenvalue weighted by atomic mass is 16.5. The molecule has 1 fully saturated rings. The molecular weight excluding hydrogens is 258 g/mol. The first-order chi connectivity index (χ1) is 9.49. The summed E-state index contributed by atoms with van der Waals surface area (Å²) in [6.07, 6.45) is 1.98. The highest BCUT2D eigenvalue weighted by molar-refractivity contribution is 5.78. The summed E-state index contributed by atoms with van der Waals surface area (Å²) in [5.41, 5.74) is 0. The topological polar surface area (TPSA) is 68.5 Å². The molecule has 1 saturated heterocycles. The molecule has 0 radical (unpaired) electrons. The van der Waals surface area contributed by atoms with Crippen LogP contribution in [0.2, 0.25) is 0 Å². The van der Waals surface area contributed by atoms with E-state index in [9.17, 15) is 4.79 Å². The zero-order chi connectivity index (χ0) is 14.7. The molecule has 0 N–H and O–H groups in total. The van der Waals surface area contributed by atoms with Crippen molar-refractivity contribution in [3.8, 4) is 0 Å². The Balaban J connectivity index is 2.02. The maximum Gasteiger partial charge on any atom is 0.248 e. The molecule has 2 rings (SSSR count). The summed E-state index contributed by atoms with van der Waals surface area (Å²) in [6, 6.07) is 0.0619. The van der Waals surface area contributed by atoms with Gasteiger partial charge in [0.05, 0.1) is 12.0 Å². The van der Waals surface area contributed by atoms with Gasteiger partial charge in [-0.2, -0.15) is 0 Å². The molecule has 20 heavy (non-hydrogen) atoms. The molecule has 1 aliphatic rings. The Hall–Kier alpha value is -1.43. The van der Waals surface area contributed by atoms with Crippen molar-refractivity contribution in [1.82, 2.24) is 15.1 Å². The summed E-state index contributed by atoms with van der Waals surface area (Å²) in [5, 5.41) is 7.98. The van der Waals surface area contributed by atoms with E-state index in [-0.39, 0.29) is 30.6 Å². The minimum Gasteiger partial charge on any atom is -0.425 e. The Morgan fingerprint density at radius 3 is 2.85 bits per heavy atom. The lowest BCUT2D eigenvalue weighted by atomic mass is 9.90. The maximum atomic E-state index is 12.2. The van der Waals surface area contributed by atoms with Gasteiger partial charge in [-0.3, -0.25) is 4.79 Å². The van der Waals surface area contributed by atoms with E-state index in [0.717, 1.165) is 19.4 Å². The third-order valence-corrected chi connectivity index (χ3v) is 3.71. The Kier molecular flexibility index (Phi) is 4.75. The van der Waals surface area contributed by atoms with Crippen molar-refractivity contribution in [2.75, 3.05) is 13.2 Å². The third-order valence-electron chi connectivity index (χ3n) is 3.71. The smallest absolute Gasteiger partial charge is 0.248 e. The van der Waals surface area contributed by atoms with Gasteiger partial charge in [0.1, 0.15) is 6.61 Å². The fourth-order valence-electron chi connectivity index (χ4n) is 2.61. The van der Waals surface area contributed by atoms with E-state index in [1.165, 1.54) is 0 Å². The lowest BCUT2D eigenvalue weighted by Crippen LogP contribution is -2.47. The van der Waals surface area contributed by atoms with Gasteiger partial charge in [0, 0.05) is 19.5 Å². The lowest BCUT2D eigenvalue weighted by molar-refractivity contribution is -0.141. The number of carbonyl (C=O) groups is 1. The number of ether oxygens (including phenoxy) is 1. The number of carbonyl (C=O) groups excluding carboxylic acids is 1. The molecule has 1 aromatic heterocycles. The number of aryl methyl sites for hydroxylation is 1. The number of likely N-dealkylation sites (tertiary alicyclic amines) is 1. The number of piperidine rings is 1. The minimum absolute atomic E-state index is 0.0344. The maximum absolute atomic E-state index is 12.2. The predicted octanol–water partition coefficient (Wildman–Crippen LogP) is 1.90. The van der Waals surface area contributed by atoms with Crippen LogP contribution in [0, 0.1) is 6.92 Å². The average molecular weight is 281 g/mol. The van der Waals surface area contributed by atoms with Crippen molar-refractivity contribution in [2.45, 2.75) is 58.6 Å². The Bertz CT molecular complexity index is 458. The molecule has 0 aromatic carbocycles. The standard InChI is InChI=1S/C14H23N3O3/c1-9(2)19-8-13(18)17-7-5-6-12(10(17)3)14-16-15-11(4)20-14/h9-10,12H,5-8H2,1-4H3/t10-,12-/m0/s1. The summed E-state index contributed by atoms with van der Waals surface area (Å²) in [7, 11) is 0. The van der Waals surface area contributed by atoms with Crippen LogP contribution in [-0.2, 0) is 9.53 Å². The molecule has 1 aromatic rings. The van der Waals surface area contributed by atoms with Gasteiger partial charge in [-0.1, -0.05) is 0 Å². The van der Waals surface area contributed by atoms with Crippen LogP contribution in [0.25, 0.3) is 0 Å². The minimum atomic E-state index is 0.0344. The molecule has 2 atom stereocenters. The van der Waals surface area contributed by atoms with Gasteiger partial charge in [0.2, 0.25) is 17.7 Å². The number of nitrogens with zero attached hydrogens (tertiary/aromatic N) is 3. The Morgan fingerprint density at radius 2 is 2.25 bits per heavy atom. The van der Waals surface area contributed by atoms with Crippen LogP contribution in [-0.4, -0.2) is 46.3 Å². The van der Waals surface area contributed by atoms with Gasteiger partial charge < -0.3 is 14.1 Å².